The zero-order valence-corrected chi connectivity index (χ0v) is 8.62. The monoisotopic (exact) mass is 301 g/mol. The van der Waals surface area contributed by atoms with Crippen LogP contribution in [-0.4, -0.2) is 0 Å². The lowest BCUT2D eigenvalue weighted by Crippen LogP contribution is -3.00. The van der Waals surface area contributed by atoms with E-state index < -0.39 is 0 Å². The van der Waals surface area contributed by atoms with E-state index in [1.54, 1.807) is 0 Å². The molecular weight excluding hydrogens is 303 g/mol. The average Bonchev–Trinajstić information content (AvgIpc) is 1.00. The van der Waals surface area contributed by atoms with Crippen LogP contribution in [0.15, 0.2) is 0 Å². The number of halogens is 3. The van der Waals surface area contributed by atoms with E-state index in [1.807, 2.05) is 0 Å². The van der Waals surface area contributed by atoms with E-state index in [0.717, 1.165) is 0 Å². The Hall–Kier alpha value is 1.96. The second-order valence-corrected chi connectivity index (χ2v) is 0. The molecule has 0 N–H and O–H groups in total. The maximum absolute atomic E-state index is 3.89. The molecule has 0 spiro atoms. The molecule has 0 atom stereocenters. The van der Waals surface area contributed by atoms with E-state index in [-0.39, 0.29) is 50.9 Å². The lowest BCUT2D eigenvalue weighted by Gasteiger charge is -1.00. The van der Waals surface area contributed by atoms with E-state index in [1.165, 1.54) is 0 Å². The van der Waals surface area contributed by atoms with Crippen LogP contribution in [0.1, 0.15) is 0 Å². The van der Waals surface area contributed by atoms with Crippen LogP contribution < -0.4 is 50.9 Å². The van der Waals surface area contributed by atoms with Gasteiger partial charge in [-0.1, -0.05) is 11.8 Å². The average molecular weight is 304 g/mol. The van der Waals surface area contributed by atoms with Gasteiger partial charge in [0.1, 0.15) is 0 Å². The molecule has 0 aliphatic rings. The predicted octanol–water partition coefficient (Wildman–Crippen LogP) is -8.40. The topological polar surface area (TPSA) is 0 Å². The van der Waals surface area contributed by atoms with Gasteiger partial charge in [0.05, 0.1) is 0 Å². The van der Waals surface area contributed by atoms with Gasteiger partial charge in [-0.05, 0) is 8.02 Å². The number of rotatable bonds is 0. The Morgan fingerprint density at radius 2 is 0.800 bits per heavy atom. The molecule has 0 fully saturated rings. The van der Waals surface area contributed by atoms with Gasteiger partial charge in [0.25, 0.3) is 0 Å². The molecule has 0 aliphatic heterocycles. The fraction of sp³-hybridized carbons (Fsp3) is 0. The fourth-order valence-electron chi connectivity index (χ4n) is 0. The summed E-state index contributed by atoms with van der Waals surface area (Å²) in [5, 5.41) is 0. The molecular formula is HBr3PS-3. The van der Waals surface area contributed by atoms with Crippen molar-refractivity contribution in [2.45, 2.75) is 0 Å². The third kappa shape index (κ3) is 24.3. The van der Waals surface area contributed by atoms with Crippen molar-refractivity contribution in [3.05, 3.63) is 0 Å². The minimum Gasteiger partial charge on any atom is -1.00 e. The summed E-state index contributed by atoms with van der Waals surface area (Å²) in [6.45, 7) is 0. The van der Waals surface area contributed by atoms with E-state index in [9.17, 15) is 0 Å². The first kappa shape index (κ1) is 28.2. The maximum Gasteiger partial charge on any atom is -0.0437 e. The Balaban J connectivity index is -0.00000000167. The first-order chi connectivity index (χ1) is 1.00. The van der Waals surface area contributed by atoms with E-state index in [4.69, 9.17) is 0 Å². The third-order valence-corrected chi connectivity index (χ3v) is 0. The summed E-state index contributed by atoms with van der Waals surface area (Å²) < 4.78 is 0. The van der Waals surface area contributed by atoms with Crippen LogP contribution in [0.2, 0.25) is 0 Å². The third-order valence-electron chi connectivity index (χ3n) is 0. The first-order valence-corrected chi connectivity index (χ1v) is 1.84. The highest BCUT2D eigenvalue weighted by Gasteiger charge is 0.655. The molecule has 0 aromatic carbocycles. The second-order valence-electron chi connectivity index (χ2n) is 0. The minimum atomic E-state index is 0. The van der Waals surface area contributed by atoms with Gasteiger partial charge in [-0.3, -0.25) is 0 Å². The molecule has 0 radical (unpaired) electrons. The lowest BCUT2D eigenvalue weighted by molar-refractivity contribution is -0.00100. The molecule has 0 aromatic heterocycles. The normalized spacial score (nSPS) is 0.800. The highest BCUT2D eigenvalue weighted by Crippen LogP contribution is 1.26. The molecule has 36 valence electrons. The van der Waals surface area contributed by atoms with Gasteiger partial charge in [-0.2, -0.15) is 0 Å². The molecule has 5 heteroatoms. The van der Waals surface area contributed by atoms with Crippen LogP contribution in [0.4, 0.5) is 0 Å². The van der Waals surface area contributed by atoms with Gasteiger partial charge < -0.3 is 50.9 Å². The van der Waals surface area contributed by atoms with Crippen molar-refractivity contribution < 1.29 is 50.9 Å². The maximum atomic E-state index is 3.89. The Morgan fingerprint density at radius 3 is 0.800 bits per heavy atom. The summed E-state index contributed by atoms with van der Waals surface area (Å²) in [5.74, 6) is 0. The molecule has 0 nitrogen and oxygen atoms in total. The van der Waals surface area contributed by atoms with Crippen molar-refractivity contribution >= 4 is 19.8 Å². The van der Waals surface area contributed by atoms with Crippen LogP contribution in [-0.2, 0) is 11.8 Å². The van der Waals surface area contributed by atoms with Gasteiger partial charge >= 0.3 is 0 Å². The first-order valence-electron chi connectivity index (χ1n) is 0.204. The lowest BCUT2D eigenvalue weighted by atomic mass is 30.6. The van der Waals surface area contributed by atoms with Crippen LogP contribution in [0, 0.1) is 0 Å². The summed E-state index contributed by atoms with van der Waals surface area (Å²) >= 11 is 3.89. The quantitative estimate of drug-likeness (QED) is 0.401. The van der Waals surface area contributed by atoms with E-state index >= 15 is 0 Å². The van der Waals surface area contributed by atoms with Gasteiger partial charge in [-0.15, -0.1) is 0 Å². The van der Waals surface area contributed by atoms with Crippen molar-refractivity contribution in [3.63, 3.8) is 0 Å². The highest BCUT2D eigenvalue weighted by molar-refractivity contribution is 7.88. The van der Waals surface area contributed by atoms with E-state index in [0.29, 0.717) is 0 Å². The Labute approximate surface area is 70.3 Å². The fourth-order valence-corrected chi connectivity index (χ4v) is 0. The van der Waals surface area contributed by atoms with Gasteiger partial charge in [0, 0.05) is 0 Å². The zero-order chi connectivity index (χ0) is 2.00. The number of hydrogen-bond acceptors (Lipinski definition) is 1. The van der Waals surface area contributed by atoms with Crippen molar-refractivity contribution in [3.8, 4) is 0 Å². The summed E-state index contributed by atoms with van der Waals surface area (Å²) in [6.07, 6.45) is 0. The standard InChI is InChI=1S/3BrH.HPS/c;;;1-2/h3*1H;1H/p-3. The molecule has 0 bridgehead atoms. The van der Waals surface area contributed by atoms with Crippen LogP contribution >= 0.6 is 8.02 Å². The van der Waals surface area contributed by atoms with Gasteiger partial charge in [0.2, 0.25) is 0 Å². The molecule has 5 heavy (non-hydrogen) atoms. The van der Waals surface area contributed by atoms with Crippen LogP contribution in [0.25, 0.3) is 0 Å². The van der Waals surface area contributed by atoms with Crippen LogP contribution in [0.5, 0.6) is 0 Å². The summed E-state index contributed by atoms with van der Waals surface area (Å²) in [4.78, 5) is 0. The minimum absolute atomic E-state index is 0. The predicted molar refractivity (Wildman–Crippen MR) is 15.7 cm³/mol. The molecule has 0 saturated carbocycles. The summed E-state index contributed by atoms with van der Waals surface area (Å²) in [6, 6.07) is 0. The second kappa shape index (κ2) is 38.2. The van der Waals surface area contributed by atoms with E-state index in [2.05, 4.69) is 19.8 Å². The smallest absolute Gasteiger partial charge is 0.0437 e. The highest BCUT2D eigenvalue weighted by atomic mass is 79.9. The van der Waals surface area contributed by atoms with Crippen molar-refractivity contribution in [2.24, 2.45) is 0 Å². The summed E-state index contributed by atoms with van der Waals surface area (Å²) in [7, 11) is 2.56. The Morgan fingerprint density at radius 1 is 0.800 bits per heavy atom. The largest absolute Gasteiger partial charge is 1.00 e. The van der Waals surface area contributed by atoms with Crippen molar-refractivity contribution in [1.29, 1.82) is 0 Å². The van der Waals surface area contributed by atoms with Gasteiger partial charge in [0.15, 0.2) is 0 Å². The van der Waals surface area contributed by atoms with Crippen LogP contribution in [0.3, 0.4) is 0 Å². The Bertz CT molecular complexity index is 6.85. The molecule has 0 amide bonds. The number of hydrogen-bond donors (Lipinski definition) is 0. The van der Waals surface area contributed by atoms with Crippen molar-refractivity contribution in [2.75, 3.05) is 0 Å². The molecule has 0 saturated heterocycles. The summed E-state index contributed by atoms with van der Waals surface area (Å²) in [5.41, 5.74) is 0. The van der Waals surface area contributed by atoms with Gasteiger partial charge in [-0.25, -0.2) is 0 Å². The molecule has 0 heterocycles. The molecule has 0 aromatic rings. The molecule has 0 unspecified atom stereocenters. The molecule has 0 aliphatic carbocycles. The van der Waals surface area contributed by atoms with Crippen molar-refractivity contribution in [1.82, 2.24) is 0 Å². The SMILES string of the molecule is P=S.[Br-].[Br-].[Br-]. The molecule has 0 rings (SSSR count). The Kier molecular flexibility index (Phi) is 215. The zero-order valence-electron chi connectivity index (χ0n) is 2.04.